The Morgan fingerprint density at radius 3 is 2.95 bits per heavy atom. The minimum atomic E-state index is 0.517. The van der Waals surface area contributed by atoms with Crippen LogP contribution >= 0.6 is 0 Å². The van der Waals surface area contributed by atoms with Crippen molar-refractivity contribution in [2.75, 3.05) is 4.90 Å². The third-order valence-electron chi connectivity index (χ3n) is 3.89. The Labute approximate surface area is 113 Å². The molecule has 3 heterocycles. The van der Waals surface area contributed by atoms with Crippen LogP contribution in [0.5, 0.6) is 0 Å². The summed E-state index contributed by atoms with van der Waals surface area (Å²) >= 11 is 0. The fourth-order valence-electron chi connectivity index (χ4n) is 2.83. The second-order valence-electron chi connectivity index (χ2n) is 5.08. The monoisotopic (exact) mass is 257 g/mol. The Morgan fingerprint density at radius 2 is 2.21 bits per heavy atom. The standard InChI is InChI=1S/C14H19N5/c1-3-12-5-4-11(2)19(12)14-16-7-6-13(17-14)18-9-8-15-10-18/h6-12H,3-5H2,1-2H3/t11-,12+/m0/s1. The molecular weight excluding hydrogens is 238 g/mol. The summed E-state index contributed by atoms with van der Waals surface area (Å²) in [6.45, 7) is 4.48. The first-order valence-corrected chi connectivity index (χ1v) is 6.89. The lowest BCUT2D eigenvalue weighted by atomic mass is 10.2. The second kappa shape index (κ2) is 4.99. The van der Waals surface area contributed by atoms with Gasteiger partial charge in [0.15, 0.2) is 0 Å². The first kappa shape index (κ1) is 12.1. The number of imidazole rings is 1. The molecule has 19 heavy (non-hydrogen) atoms. The van der Waals surface area contributed by atoms with Crippen LogP contribution < -0.4 is 4.90 Å². The van der Waals surface area contributed by atoms with Gasteiger partial charge in [-0.2, -0.15) is 4.98 Å². The van der Waals surface area contributed by atoms with Crippen molar-refractivity contribution in [3.8, 4) is 5.82 Å². The van der Waals surface area contributed by atoms with Crippen molar-refractivity contribution >= 4 is 5.95 Å². The number of hydrogen-bond acceptors (Lipinski definition) is 4. The molecule has 0 amide bonds. The summed E-state index contributed by atoms with van der Waals surface area (Å²) in [5, 5.41) is 0. The van der Waals surface area contributed by atoms with Gasteiger partial charge in [0.2, 0.25) is 5.95 Å². The summed E-state index contributed by atoms with van der Waals surface area (Å²) in [4.78, 5) is 15.6. The van der Waals surface area contributed by atoms with Crippen LogP contribution in [0.3, 0.4) is 0 Å². The molecule has 0 spiro atoms. The van der Waals surface area contributed by atoms with Gasteiger partial charge in [-0.15, -0.1) is 0 Å². The molecule has 0 N–H and O–H groups in total. The molecule has 0 saturated carbocycles. The Morgan fingerprint density at radius 1 is 1.32 bits per heavy atom. The Hall–Kier alpha value is -1.91. The molecule has 5 heteroatoms. The maximum absolute atomic E-state index is 4.68. The van der Waals surface area contributed by atoms with E-state index in [0.717, 1.165) is 18.2 Å². The van der Waals surface area contributed by atoms with Gasteiger partial charge < -0.3 is 4.90 Å². The first-order chi connectivity index (χ1) is 9.29. The van der Waals surface area contributed by atoms with Gasteiger partial charge >= 0.3 is 0 Å². The number of hydrogen-bond donors (Lipinski definition) is 0. The lowest BCUT2D eigenvalue weighted by molar-refractivity contribution is 0.612. The van der Waals surface area contributed by atoms with Crippen molar-refractivity contribution in [3.63, 3.8) is 0 Å². The van der Waals surface area contributed by atoms with Gasteiger partial charge in [-0.1, -0.05) is 6.92 Å². The topological polar surface area (TPSA) is 46.8 Å². The third-order valence-corrected chi connectivity index (χ3v) is 3.89. The van der Waals surface area contributed by atoms with Crippen LogP contribution in [0.25, 0.3) is 5.82 Å². The molecule has 5 nitrogen and oxygen atoms in total. The number of nitrogens with zero attached hydrogens (tertiary/aromatic N) is 5. The Kier molecular flexibility index (Phi) is 3.19. The van der Waals surface area contributed by atoms with E-state index in [2.05, 4.69) is 33.7 Å². The van der Waals surface area contributed by atoms with Crippen LogP contribution in [-0.4, -0.2) is 31.6 Å². The average molecular weight is 257 g/mol. The van der Waals surface area contributed by atoms with Crippen LogP contribution in [0.2, 0.25) is 0 Å². The van der Waals surface area contributed by atoms with Gasteiger partial charge in [0.05, 0.1) is 0 Å². The highest BCUT2D eigenvalue weighted by Gasteiger charge is 2.31. The lowest BCUT2D eigenvalue weighted by Gasteiger charge is -2.28. The molecule has 2 aromatic rings. The SMILES string of the molecule is CC[C@@H]1CC[C@H](C)N1c1nccc(-n2ccnc2)n1. The quantitative estimate of drug-likeness (QED) is 0.847. The normalized spacial score (nSPS) is 22.9. The van der Waals surface area contributed by atoms with E-state index in [1.54, 1.807) is 12.5 Å². The highest BCUT2D eigenvalue weighted by Crippen LogP contribution is 2.29. The molecule has 1 saturated heterocycles. The van der Waals surface area contributed by atoms with E-state index in [1.807, 2.05) is 23.0 Å². The molecule has 100 valence electrons. The Bertz CT molecular complexity index is 537. The number of anilines is 1. The predicted octanol–water partition coefficient (Wildman–Crippen LogP) is 2.43. The molecule has 1 aliphatic rings. The number of aromatic nitrogens is 4. The fraction of sp³-hybridized carbons (Fsp3) is 0.500. The van der Waals surface area contributed by atoms with Gasteiger partial charge in [0, 0.05) is 30.7 Å². The van der Waals surface area contributed by atoms with Gasteiger partial charge in [-0.3, -0.25) is 4.57 Å². The summed E-state index contributed by atoms with van der Waals surface area (Å²) < 4.78 is 1.91. The summed E-state index contributed by atoms with van der Waals surface area (Å²) in [6, 6.07) is 2.99. The maximum Gasteiger partial charge on any atom is 0.227 e. The summed E-state index contributed by atoms with van der Waals surface area (Å²) in [5.74, 6) is 1.71. The van der Waals surface area contributed by atoms with Crippen molar-refractivity contribution in [3.05, 3.63) is 31.0 Å². The highest BCUT2D eigenvalue weighted by atomic mass is 15.3. The van der Waals surface area contributed by atoms with E-state index in [4.69, 9.17) is 0 Å². The van der Waals surface area contributed by atoms with E-state index >= 15 is 0 Å². The van der Waals surface area contributed by atoms with Crippen molar-refractivity contribution in [2.45, 2.75) is 45.2 Å². The zero-order valence-corrected chi connectivity index (χ0v) is 11.4. The number of rotatable bonds is 3. The molecular formula is C14H19N5. The van der Waals surface area contributed by atoms with E-state index in [1.165, 1.54) is 12.8 Å². The van der Waals surface area contributed by atoms with Crippen LogP contribution in [-0.2, 0) is 0 Å². The van der Waals surface area contributed by atoms with Crippen molar-refractivity contribution < 1.29 is 0 Å². The molecule has 1 aliphatic heterocycles. The largest absolute Gasteiger partial charge is 0.335 e. The third kappa shape index (κ3) is 2.20. The predicted molar refractivity (Wildman–Crippen MR) is 74.4 cm³/mol. The van der Waals surface area contributed by atoms with E-state index < -0.39 is 0 Å². The van der Waals surface area contributed by atoms with Gasteiger partial charge in [0.1, 0.15) is 12.1 Å². The van der Waals surface area contributed by atoms with Crippen molar-refractivity contribution in [2.24, 2.45) is 0 Å². The van der Waals surface area contributed by atoms with E-state index in [-0.39, 0.29) is 0 Å². The summed E-state index contributed by atoms with van der Waals surface area (Å²) in [5.41, 5.74) is 0. The molecule has 0 aromatic carbocycles. The summed E-state index contributed by atoms with van der Waals surface area (Å²) in [7, 11) is 0. The highest BCUT2D eigenvalue weighted by molar-refractivity contribution is 5.39. The Balaban J connectivity index is 1.95. The zero-order valence-electron chi connectivity index (χ0n) is 11.4. The van der Waals surface area contributed by atoms with Crippen molar-refractivity contribution in [1.82, 2.24) is 19.5 Å². The van der Waals surface area contributed by atoms with Gasteiger partial charge in [-0.05, 0) is 32.3 Å². The van der Waals surface area contributed by atoms with Gasteiger partial charge in [-0.25, -0.2) is 9.97 Å². The van der Waals surface area contributed by atoms with Crippen LogP contribution in [0.4, 0.5) is 5.95 Å². The molecule has 2 aromatic heterocycles. The molecule has 1 fully saturated rings. The van der Waals surface area contributed by atoms with Crippen LogP contribution in [0.1, 0.15) is 33.1 Å². The van der Waals surface area contributed by atoms with Gasteiger partial charge in [0.25, 0.3) is 0 Å². The molecule has 0 radical (unpaired) electrons. The average Bonchev–Trinajstić information content (AvgIpc) is 3.08. The molecule has 3 rings (SSSR count). The fourth-order valence-corrected chi connectivity index (χ4v) is 2.83. The smallest absolute Gasteiger partial charge is 0.227 e. The lowest BCUT2D eigenvalue weighted by Crippen LogP contribution is -2.35. The van der Waals surface area contributed by atoms with Crippen LogP contribution in [0, 0.1) is 0 Å². The zero-order chi connectivity index (χ0) is 13.2. The minimum Gasteiger partial charge on any atom is -0.335 e. The van der Waals surface area contributed by atoms with E-state index in [0.29, 0.717) is 12.1 Å². The minimum absolute atomic E-state index is 0.517. The molecule has 0 unspecified atom stereocenters. The molecule has 0 aliphatic carbocycles. The molecule has 2 atom stereocenters. The second-order valence-corrected chi connectivity index (χ2v) is 5.08. The molecule has 0 bridgehead atoms. The van der Waals surface area contributed by atoms with Crippen molar-refractivity contribution in [1.29, 1.82) is 0 Å². The maximum atomic E-state index is 4.68. The first-order valence-electron chi connectivity index (χ1n) is 6.89. The summed E-state index contributed by atoms with van der Waals surface area (Å²) in [6.07, 6.45) is 10.8. The van der Waals surface area contributed by atoms with E-state index in [9.17, 15) is 0 Å². The van der Waals surface area contributed by atoms with Crippen LogP contribution in [0.15, 0.2) is 31.0 Å².